The molecule has 0 aliphatic carbocycles. The molecule has 0 bridgehead atoms. The van der Waals surface area contributed by atoms with Gasteiger partial charge in [-0.1, -0.05) is 22.0 Å². The molecule has 0 aliphatic rings. The quantitative estimate of drug-likeness (QED) is 0.816. The highest BCUT2D eigenvalue weighted by molar-refractivity contribution is 9.10. The van der Waals surface area contributed by atoms with Crippen LogP contribution >= 0.6 is 15.9 Å². The number of carbonyl (C=O) groups is 2. The van der Waals surface area contributed by atoms with E-state index in [9.17, 15) is 9.59 Å². The second kappa shape index (κ2) is 6.90. The van der Waals surface area contributed by atoms with Gasteiger partial charge in [-0.2, -0.15) is 0 Å². The van der Waals surface area contributed by atoms with E-state index in [1.165, 1.54) is 0 Å². The number of hydrogen-bond donors (Lipinski definition) is 2. The van der Waals surface area contributed by atoms with Crippen molar-refractivity contribution in [2.75, 3.05) is 13.2 Å². The fourth-order valence-electron chi connectivity index (χ4n) is 1.09. The molecule has 1 rings (SSSR count). The molecule has 3 N–H and O–H groups in total. The molecule has 0 fully saturated rings. The molecule has 0 aliphatic heterocycles. The van der Waals surface area contributed by atoms with E-state index >= 15 is 0 Å². The van der Waals surface area contributed by atoms with Crippen LogP contribution in [0.4, 0.5) is 0 Å². The lowest BCUT2D eigenvalue weighted by molar-refractivity contribution is -0.125. The number of hydrogen-bond acceptors (Lipinski definition) is 3. The average Bonchev–Trinajstić information content (AvgIpc) is 2.26. The zero-order chi connectivity index (χ0) is 12.7. The minimum atomic E-state index is -0.564. The fraction of sp³-hybridized carbons (Fsp3) is 0.273. The number of primary amides is 1. The lowest BCUT2D eigenvalue weighted by atomic mass is 10.3. The van der Waals surface area contributed by atoms with Gasteiger partial charge < -0.3 is 15.8 Å². The highest BCUT2D eigenvalue weighted by Crippen LogP contribution is 2.17. The van der Waals surface area contributed by atoms with Gasteiger partial charge in [-0.25, -0.2) is 0 Å². The van der Waals surface area contributed by atoms with Crippen LogP contribution in [-0.2, 0) is 9.59 Å². The molecular weight excluding hydrogens is 288 g/mol. The maximum atomic E-state index is 11.2. The van der Waals surface area contributed by atoms with E-state index in [-0.39, 0.29) is 25.5 Å². The monoisotopic (exact) mass is 300 g/mol. The molecule has 2 amide bonds. The van der Waals surface area contributed by atoms with Crippen molar-refractivity contribution in [3.8, 4) is 5.75 Å². The van der Waals surface area contributed by atoms with Crippen molar-refractivity contribution >= 4 is 27.7 Å². The summed E-state index contributed by atoms with van der Waals surface area (Å²) in [6.45, 7) is 0.108. The number of ether oxygens (including phenoxy) is 1. The Balaban J connectivity index is 2.23. The minimum Gasteiger partial charge on any atom is -0.493 e. The maximum Gasteiger partial charge on any atom is 0.236 e. The number of nitrogens with one attached hydrogen (secondary N) is 1. The van der Waals surface area contributed by atoms with Crippen molar-refractivity contribution in [1.82, 2.24) is 5.32 Å². The Morgan fingerprint density at radius 2 is 2.18 bits per heavy atom. The first-order chi connectivity index (χ1) is 8.08. The van der Waals surface area contributed by atoms with Gasteiger partial charge >= 0.3 is 0 Å². The van der Waals surface area contributed by atoms with E-state index in [1.54, 1.807) is 12.1 Å². The lowest BCUT2D eigenvalue weighted by Gasteiger charge is -2.06. The average molecular weight is 301 g/mol. The van der Waals surface area contributed by atoms with E-state index < -0.39 is 5.91 Å². The summed E-state index contributed by atoms with van der Waals surface area (Å²) in [6.07, 6.45) is 0.180. The molecule has 0 saturated heterocycles. The van der Waals surface area contributed by atoms with Crippen molar-refractivity contribution in [3.05, 3.63) is 28.7 Å². The second-order valence-electron chi connectivity index (χ2n) is 3.30. The predicted molar refractivity (Wildman–Crippen MR) is 66.5 cm³/mol. The molecule has 0 atom stereocenters. The number of amides is 2. The molecule has 0 aromatic heterocycles. The van der Waals surface area contributed by atoms with Crippen LogP contribution < -0.4 is 15.8 Å². The normalized spacial score (nSPS) is 9.71. The SMILES string of the molecule is NC(=O)CNC(=O)CCOc1cccc(Br)c1. The summed E-state index contributed by atoms with van der Waals surface area (Å²) in [5.41, 5.74) is 4.89. The van der Waals surface area contributed by atoms with Crippen LogP contribution in [0.5, 0.6) is 5.75 Å². The number of benzene rings is 1. The van der Waals surface area contributed by atoms with Crippen LogP contribution in [0.3, 0.4) is 0 Å². The topological polar surface area (TPSA) is 81.4 Å². The molecule has 17 heavy (non-hydrogen) atoms. The van der Waals surface area contributed by atoms with Crippen LogP contribution in [-0.4, -0.2) is 25.0 Å². The Labute approximate surface area is 107 Å². The van der Waals surface area contributed by atoms with Gasteiger partial charge in [-0.3, -0.25) is 9.59 Å². The number of carbonyl (C=O) groups excluding carboxylic acids is 2. The summed E-state index contributed by atoms with van der Waals surface area (Å²) in [7, 11) is 0. The minimum absolute atomic E-state index is 0.143. The van der Waals surface area contributed by atoms with Gasteiger partial charge in [-0.05, 0) is 18.2 Å². The van der Waals surface area contributed by atoms with E-state index in [0.717, 1.165) is 4.47 Å². The van der Waals surface area contributed by atoms with Gasteiger partial charge in [0.05, 0.1) is 19.6 Å². The molecular formula is C11H13BrN2O3. The Morgan fingerprint density at radius 3 is 2.82 bits per heavy atom. The molecule has 1 aromatic rings. The molecule has 0 heterocycles. The van der Waals surface area contributed by atoms with E-state index in [2.05, 4.69) is 21.2 Å². The zero-order valence-corrected chi connectivity index (χ0v) is 10.7. The summed E-state index contributed by atoms with van der Waals surface area (Å²) in [6, 6.07) is 7.33. The molecule has 5 nitrogen and oxygen atoms in total. The molecule has 0 saturated carbocycles. The number of halogens is 1. The molecule has 1 aromatic carbocycles. The van der Waals surface area contributed by atoms with Gasteiger partial charge in [0.2, 0.25) is 11.8 Å². The highest BCUT2D eigenvalue weighted by atomic mass is 79.9. The van der Waals surface area contributed by atoms with E-state index in [1.807, 2.05) is 12.1 Å². The van der Waals surface area contributed by atoms with Crippen LogP contribution in [0.25, 0.3) is 0 Å². The Hall–Kier alpha value is -1.56. The summed E-state index contributed by atoms with van der Waals surface area (Å²) >= 11 is 3.31. The van der Waals surface area contributed by atoms with E-state index in [4.69, 9.17) is 10.5 Å². The van der Waals surface area contributed by atoms with Crippen LogP contribution in [0.2, 0.25) is 0 Å². The third-order valence-corrected chi connectivity index (χ3v) is 2.35. The fourth-order valence-corrected chi connectivity index (χ4v) is 1.47. The molecule has 0 radical (unpaired) electrons. The summed E-state index contributed by atoms with van der Waals surface area (Å²) < 4.78 is 6.27. The zero-order valence-electron chi connectivity index (χ0n) is 9.11. The van der Waals surface area contributed by atoms with Gasteiger partial charge in [0.1, 0.15) is 5.75 Å². The van der Waals surface area contributed by atoms with Gasteiger partial charge in [0.15, 0.2) is 0 Å². The first kappa shape index (κ1) is 13.5. The summed E-state index contributed by atoms with van der Waals surface area (Å²) in [4.78, 5) is 21.6. The second-order valence-corrected chi connectivity index (χ2v) is 4.21. The molecule has 0 unspecified atom stereocenters. The van der Waals surface area contributed by atoms with Crippen molar-refractivity contribution in [2.24, 2.45) is 5.73 Å². The number of nitrogens with two attached hydrogens (primary N) is 1. The lowest BCUT2D eigenvalue weighted by Crippen LogP contribution is -2.33. The predicted octanol–water partition coefficient (Wildman–Crippen LogP) is 0.819. The largest absolute Gasteiger partial charge is 0.493 e. The first-order valence-electron chi connectivity index (χ1n) is 5.01. The van der Waals surface area contributed by atoms with Crippen molar-refractivity contribution in [1.29, 1.82) is 0 Å². The first-order valence-corrected chi connectivity index (χ1v) is 5.80. The van der Waals surface area contributed by atoms with Crippen LogP contribution in [0.15, 0.2) is 28.7 Å². The van der Waals surface area contributed by atoms with Gasteiger partial charge in [0, 0.05) is 4.47 Å². The van der Waals surface area contributed by atoms with Crippen molar-refractivity contribution in [2.45, 2.75) is 6.42 Å². The summed E-state index contributed by atoms with van der Waals surface area (Å²) in [5.74, 6) is -0.146. The van der Waals surface area contributed by atoms with Gasteiger partial charge in [0.25, 0.3) is 0 Å². The summed E-state index contributed by atoms with van der Waals surface area (Å²) in [5, 5.41) is 2.38. The van der Waals surface area contributed by atoms with Crippen molar-refractivity contribution < 1.29 is 14.3 Å². The smallest absolute Gasteiger partial charge is 0.236 e. The van der Waals surface area contributed by atoms with Crippen molar-refractivity contribution in [3.63, 3.8) is 0 Å². The molecule has 6 heteroatoms. The maximum absolute atomic E-state index is 11.2. The van der Waals surface area contributed by atoms with E-state index in [0.29, 0.717) is 5.75 Å². The third kappa shape index (κ3) is 5.91. The Morgan fingerprint density at radius 1 is 1.41 bits per heavy atom. The Bertz CT molecular complexity index is 409. The molecule has 92 valence electrons. The third-order valence-electron chi connectivity index (χ3n) is 1.85. The standard InChI is InChI=1S/C11H13BrN2O3/c12-8-2-1-3-9(6-8)17-5-4-11(16)14-7-10(13)15/h1-3,6H,4-5,7H2,(H2,13,15)(H,14,16). The van der Waals surface area contributed by atoms with Gasteiger partial charge in [-0.15, -0.1) is 0 Å². The Kier molecular flexibility index (Phi) is 5.48. The number of rotatable bonds is 6. The molecule has 0 spiro atoms. The highest BCUT2D eigenvalue weighted by Gasteiger charge is 2.03. The van der Waals surface area contributed by atoms with Crippen LogP contribution in [0.1, 0.15) is 6.42 Å². The van der Waals surface area contributed by atoms with Crippen LogP contribution in [0, 0.1) is 0 Å².